The van der Waals surface area contributed by atoms with Gasteiger partial charge in [-0.05, 0) is 13.8 Å². The molecular weight excluding hydrogens is 262 g/mol. The van der Waals surface area contributed by atoms with Crippen molar-refractivity contribution in [2.75, 3.05) is 0 Å². The normalized spacial score (nSPS) is 35.6. The quantitative estimate of drug-likeness (QED) is 0.552. The van der Waals surface area contributed by atoms with Crippen molar-refractivity contribution in [3.8, 4) is 0 Å². The summed E-state index contributed by atoms with van der Waals surface area (Å²) in [6, 6.07) is 0. The first-order valence-corrected chi connectivity index (χ1v) is 4.83. The van der Waals surface area contributed by atoms with E-state index in [0.29, 0.717) is 0 Å². The van der Waals surface area contributed by atoms with Crippen LogP contribution in [0.4, 0.5) is 26.3 Å². The van der Waals surface area contributed by atoms with Gasteiger partial charge in [-0.2, -0.15) is 26.3 Å². The molecule has 96 valence electrons. The maximum atomic E-state index is 13.1. The minimum absolute atomic E-state index is 0.915. The molecule has 0 aliphatic heterocycles. The van der Waals surface area contributed by atoms with Crippen LogP contribution in [-0.4, -0.2) is 35.4 Å². The van der Waals surface area contributed by atoms with Crippen LogP contribution in [0, 0.1) is 0 Å². The molecule has 1 rings (SSSR count). The lowest BCUT2D eigenvalue weighted by Gasteiger charge is -2.25. The molecule has 0 bridgehead atoms. The molecule has 0 amide bonds. The number of halogens is 7. The molecular formula is C8H9ClF6O. The van der Waals surface area contributed by atoms with E-state index < -0.39 is 35.4 Å². The lowest BCUT2D eigenvalue weighted by atomic mass is 10.2. The Morgan fingerprint density at radius 3 is 1.69 bits per heavy atom. The topological polar surface area (TPSA) is 9.23 Å². The smallest absolute Gasteiger partial charge is 0.367 e. The third kappa shape index (κ3) is 1.59. The predicted octanol–water partition coefficient (Wildman–Crippen LogP) is 3.31. The Morgan fingerprint density at radius 1 is 1.00 bits per heavy atom. The highest BCUT2D eigenvalue weighted by Crippen LogP contribution is 2.59. The molecule has 1 nitrogen and oxygen atoms in total. The fourth-order valence-electron chi connectivity index (χ4n) is 1.40. The van der Waals surface area contributed by atoms with E-state index in [0.717, 1.165) is 0 Å². The zero-order chi connectivity index (χ0) is 12.9. The van der Waals surface area contributed by atoms with Gasteiger partial charge in [-0.3, -0.25) is 0 Å². The first-order valence-electron chi connectivity index (χ1n) is 4.39. The summed E-state index contributed by atoms with van der Waals surface area (Å²) in [5, 5.41) is -2.76. The molecule has 2 unspecified atom stereocenters. The maximum Gasteiger partial charge on any atom is 0.376 e. The Bertz CT molecular complexity index is 280. The van der Waals surface area contributed by atoms with Crippen LogP contribution in [0.15, 0.2) is 0 Å². The van der Waals surface area contributed by atoms with E-state index in [-0.39, 0.29) is 0 Å². The highest BCUT2D eigenvalue weighted by Gasteiger charge is 2.85. The third-order valence-corrected chi connectivity index (χ3v) is 2.73. The van der Waals surface area contributed by atoms with E-state index in [4.69, 9.17) is 11.6 Å². The maximum absolute atomic E-state index is 13.1. The van der Waals surface area contributed by atoms with Crippen LogP contribution in [0.2, 0.25) is 0 Å². The van der Waals surface area contributed by atoms with Gasteiger partial charge in [0.2, 0.25) is 0 Å². The second-order valence-electron chi connectivity index (χ2n) is 3.83. The fraction of sp³-hybridized carbons (Fsp3) is 1.00. The van der Waals surface area contributed by atoms with Crippen molar-refractivity contribution in [1.82, 2.24) is 0 Å². The van der Waals surface area contributed by atoms with E-state index in [1.165, 1.54) is 13.8 Å². The summed E-state index contributed by atoms with van der Waals surface area (Å²) in [4.78, 5) is 0. The third-order valence-electron chi connectivity index (χ3n) is 2.23. The molecule has 1 fully saturated rings. The van der Waals surface area contributed by atoms with Gasteiger partial charge in [0.05, 0.1) is 6.10 Å². The van der Waals surface area contributed by atoms with E-state index >= 15 is 0 Å². The van der Waals surface area contributed by atoms with Crippen molar-refractivity contribution in [3.05, 3.63) is 0 Å². The number of rotatable bonds is 2. The van der Waals surface area contributed by atoms with Crippen LogP contribution in [0.1, 0.15) is 13.8 Å². The van der Waals surface area contributed by atoms with Gasteiger partial charge < -0.3 is 4.74 Å². The SMILES string of the molecule is CC(C)OC1C(Cl)C(F)(F)C(F)(F)C1(F)F. The molecule has 0 heterocycles. The summed E-state index contributed by atoms with van der Waals surface area (Å²) in [6.45, 7) is 2.52. The molecule has 0 N–H and O–H groups in total. The molecule has 0 aromatic carbocycles. The fourth-order valence-corrected chi connectivity index (χ4v) is 1.75. The van der Waals surface area contributed by atoms with Gasteiger partial charge in [-0.1, -0.05) is 0 Å². The summed E-state index contributed by atoms with van der Waals surface area (Å²) in [5.74, 6) is -15.5. The molecule has 0 aromatic heterocycles. The molecule has 0 aromatic rings. The van der Waals surface area contributed by atoms with Crippen molar-refractivity contribution in [2.24, 2.45) is 0 Å². The second-order valence-corrected chi connectivity index (χ2v) is 4.30. The zero-order valence-electron chi connectivity index (χ0n) is 8.29. The molecule has 0 radical (unpaired) electrons. The van der Waals surface area contributed by atoms with Crippen molar-refractivity contribution in [3.63, 3.8) is 0 Å². The molecule has 16 heavy (non-hydrogen) atoms. The molecule has 1 aliphatic carbocycles. The summed E-state index contributed by atoms with van der Waals surface area (Å²) in [5.41, 5.74) is 0. The van der Waals surface area contributed by atoms with E-state index in [2.05, 4.69) is 4.74 Å². The minimum atomic E-state index is -5.51. The minimum Gasteiger partial charge on any atom is -0.367 e. The van der Waals surface area contributed by atoms with E-state index in [9.17, 15) is 26.3 Å². The number of alkyl halides is 7. The van der Waals surface area contributed by atoms with E-state index in [1.807, 2.05) is 0 Å². The molecule has 0 spiro atoms. The summed E-state index contributed by atoms with van der Waals surface area (Å²) in [7, 11) is 0. The Hall–Kier alpha value is -0.170. The van der Waals surface area contributed by atoms with Crippen molar-refractivity contribution in [2.45, 2.75) is 49.2 Å². The number of hydrogen-bond acceptors (Lipinski definition) is 1. The average molecular weight is 271 g/mol. The molecule has 2 atom stereocenters. The standard InChI is InChI=1S/C8H9ClF6O/c1-3(2)16-5-4(9)6(10,11)8(14,15)7(5,12)13/h3-5H,1-2H3. The first-order chi connectivity index (χ1) is 6.96. The second kappa shape index (κ2) is 3.66. The van der Waals surface area contributed by atoms with Crippen molar-refractivity contribution < 1.29 is 31.1 Å². The van der Waals surface area contributed by atoms with Gasteiger partial charge in [0.15, 0.2) is 6.10 Å². The number of ether oxygens (including phenoxy) is 1. The molecule has 0 saturated heterocycles. The monoisotopic (exact) mass is 270 g/mol. The van der Waals surface area contributed by atoms with Gasteiger partial charge >= 0.3 is 17.8 Å². The Balaban J connectivity index is 3.14. The van der Waals surface area contributed by atoms with Crippen LogP contribution < -0.4 is 0 Å². The Labute approximate surface area is 92.7 Å². The van der Waals surface area contributed by atoms with Crippen molar-refractivity contribution in [1.29, 1.82) is 0 Å². The van der Waals surface area contributed by atoms with Crippen LogP contribution in [0.3, 0.4) is 0 Å². The summed E-state index contributed by atoms with van der Waals surface area (Å²) >= 11 is 4.95. The van der Waals surface area contributed by atoms with Gasteiger partial charge in [0.25, 0.3) is 0 Å². The molecule has 1 aliphatic rings. The largest absolute Gasteiger partial charge is 0.376 e. The Kier molecular flexibility index (Phi) is 3.18. The zero-order valence-corrected chi connectivity index (χ0v) is 9.04. The summed E-state index contributed by atoms with van der Waals surface area (Å²) in [6.07, 6.45) is -3.62. The van der Waals surface area contributed by atoms with Gasteiger partial charge in [0, 0.05) is 0 Å². The van der Waals surface area contributed by atoms with Gasteiger partial charge in [-0.25, -0.2) is 0 Å². The molecule has 8 heteroatoms. The lowest BCUT2D eigenvalue weighted by Crippen LogP contribution is -2.49. The highest BCUT2D eigenvalue weighted by molar-refractivity contribution is 6.22. The first kappa shape index (κ1) is 13.9. The lowest BCUT2D eigenvalue weighted by molar-refractivity contribution is -0.285. The van der Waals surface area contributed by atoms with E-state index in [1.54, 1.807) is 0 Å². The summed E-state index contributed by atoms with van der Waals surface area (Å²) < 4.78 is 81.8. The van der Waals surface area contributed by atoms with Gasteiger partial charge in [0.1, 0.15) is 5.38 Å². The Morgan fingerprint density at radius 2 is 1.44 bits per heavy atom. The highest BCUT2D eigenvalue weighted by atomic mass is 35.5. The number of hydrogen-bond donors (Lipinski definition) is 0. The predicted molar refractivity (Wildman–Crippen MR) is 44.5 cm³/mol. The van der Waals surface area contributed by atoms with Gasteiger partial charge in [-0.15, -0.1) is 11.6 Å². The van der Waals surface area contributed by atoms with Crippen molar-refractivity contribution >= 4 is 11.6 Å². The average Bonchev–Trinajstić information content (AvgIpc) is 2.17. The van der Waals surface area contributed by atoms with Crippen LogP contribution in [-0.2, 0) is 4.74 Å². The van der Waals surface area contributed by atoms with Crippen LogP contribution >= 0.6 is 11.6 Å². The van der Waals surface area contributed by atoms with Crippen LogP contribution in [0.25, 0.3) is 0 Å². The molecule has 1 saturated carbocycles. The van der Waals surface area contributed by atoms with Crippen LogP contribution in [0.5, 0.6) is 0 Å².